The predicted molar refractivity (Wildman–Crippen MR) is 53.9 cm³/mol. The van der Waals surface area contributed by atoms with Crippen molar-refractivity contribution in [1.82, 2.24) is 0 Å². The third-order valence-electron chi connectivity index (χ3n) is 1.62. The first-order chi connectivity index (χ1) is 6.95. The molecule has 0 bridgehead atoms. The van der Waals surface area contributed by atoms with Gasteiger partial charge in [0.25, 0.3) is 0 Å². The molecule has 0 aliphatic carbocycles. The summed E-state index contributed by atoms with van der Waals surface area (Å²) in [5, 5.41) is 29.5. The summed E-state index contributed by atoms with van der Waals surface area (Å²) in [6, 6.07) is 2.90. The Bertz CT molecular complexity index is 428. The van der Waals surface area contributed by atoms with Crippen LogP contribution in [-0.4, -0.2) is 72.3 Å². The molecule has 0 radical (unpaired) electrons. The molecule has 0 aliphatic rings. The SMILES string of the molecule is O=C(O)c1cccc([N+](=O)[O-])c1[N+](=O)[O-].[KH]. The van der Waals surface area contributed by atoms with E-state index in [0.29, 0.717) is 0 Å². The Balaban J connectivity index is 0.00000225. The monoisotopic (exact) mass is 252 g/mol. The van der Waals surface area contributed by atoms with Gasteiger partial charge in [0.15, 0.2) is 0 Å². The molecule has 1 aromatic carbocycles. The number of nitrogens with zero attached hydrogens (tertiary/aromatic N) is 2. The van der Waals surface area contributed by atoms with Gasteiger partial charge in [-0.3, -0.25) is 20.2 Å². The van der Waals surface area contributed by atoms with Crippen LogP contribution in [-0.2, 0) is 0 Å². The number of carboxylic acids is 1. The minimum absolute atomic E-state index is 0. The molecule has 1 rings (SSSR count). The standard InChI is InChI=1S/C7H4N2O6.K.H/c10-7(11)4-2-1-3-5(8(12)13)6(4)9(14)15;;/h1-3H,(H,10,11);;. The molecule has 80 valence electrons. The molecule has 0 aliphatic heterocycles. The van der Waals surface area contributed by atoms with Crippen molar-refractivity contribution in [3.63, 3.8) is 0 Å². The van der Waals surface area contributed by atoms with Gasteiger partial charge >= 0.3 is 68.7 Å². The van der Waals surface area contributed by atoms with Gasteiger partial charge < -0.3 is 5.11 Å². The second-order valence-electron chi connectivity index (χ2n) is 2.49. The Kier molecular flexibility index (Phi) is 5.68. The average molecular weight is 252 g/mol. The Morgan fingerprint density at radius 3 is 2.12 bits per heavy atom. The second kappa shape index (κ2) is 6.01. The van der Waals surface area contributed by atoms with Crippen LogP contribution in [0.3, 0.4) is 0 Å². The molecule has 16 heavy (non-hydrogen) atoms. The van der Waals surface area contributed by atoms with E-state index in [4.69, 9.17) is 5.11 Å². The summed E-state index contributed by atoms with van der Waals surface area (Å²) in [5.41, 5.74) is -2.54. The van der Waals surface area contributed by atoms with E-state index in [1.807, 2.05) is 0 Å². The average Bonchev–Trinajstić information content (AvgIpc) is 2.16. The molecule has 0 atom stereocenters. The number of hydrogen-bond acceptors (Lipinski definition) is 5. The van der Waals surface area contributed by atoms with E-state index in [0.717, 1.165) is 18.2 Å². The van der Waals surface area contributed by atoms with Gasteiger partial charge in [-0.1, -0.05) is 6.07 Å². The van der Waals surface area contributed by atoms with E-state index < -0.39 is 32.8 Å². The van der Waals surface area contributed by atoms with Crippen LogP contribution in [0.4, 0.5) is 11.4 Å². The molecule has 0 amide bonds. The second-order valence-corrected chi connectivity index (χ2v) is 2.49. The van der Waals surface area contributed by atoms with Crippen molar-refractivity contribution in [3.8, 4) is 0 Å². The number of carboxylic acid groups (broad SMARTS) is 1. The predicted octanol–water partition coefficient (Wildman–Crippen LogP) is 0.553. The van der Waals surface area contributed by atoms with Crippen molar-refractivity contribution in [2.75, 3.05) is 0 Å². The number of aromatic carboxylic acids is 1. The fourth-order valence-electron chi connectivity index (χ4n) is 1.04. The first-order valence-electron chi connectivity index (χ1n) is 3.60. The third kappa shape index (κ3) is 3.06. The van der Waals surface area contributed by atoms with Crippen LogP contribution < -0.4 is 0 Å². The van der Waals surface area contributed by atoms with Gasteiger partial charge in [-0.15, -0.1) is 0 Å². The zero-order chi connectivity index (χ0) is 11.6. The van der Waals surface area contributed by atoms with Crippen LogP contribution in [0, 0.1) is 20.2 Å². The normalized spacial score (nSPS) is 9.00. The van der Waals surface area contributed by atoms with E-state index in [-0.39, 0.29) is 51.4 Å². The van der Waals surface area contributed by atoms with E-state index in [1.54, 1.807) is 0 Å². The van der Waals surface area contributed by atoms with Gasteiger partial charge in [-0.2, -0.15) is 0 Å². The molecular weight excluding hydrogens is 247 g/mol. The maximum absolute atomic E-state index is 10.6. The van der Waals surface area contributed by atoms with Crippen molar-refractivity contribution < 1.29 is 19.7 Å². The topological polar surface area (TPSA) is 124 Å². The van der Waals surface area contributed by atoms with E-state index in [9.17, 15) is 25.0 Å². The van der Waals surface area contributed by atoms with Crippen LogP contribution in [0.15, 0.2) is 18.2 Å². The van der Waals surface area contributed by atoms with Gasteiger partial charge in [-0.05, 0) is 6.07 Å². The summed E-state index contributed by atoms with van der Waals surface area (Å²) in [7, 11) is 0. The Morgan fingerprint density at radius 2 is 1.75 bits per heavy atom. The molecule has 9 heteroatoms. The van der Waals surface area contributed by atoms with Crippen LogP contribution in [0.5, 0.6) is 0 Å². The summed E-state index contributed by atoms with van der Waals surface area (Å²) >= 11 is 0. The van der Waals surface area contributed by atoms with Crippen LogP contribution >= 0.6 is 0 Å². The number of nitro groups is 2. The molecule has 0 spiro atoms. The molecule has 8 nitrogen and oxygen atoms in total. The molecule has 0 heterocycles. The van der Waals surface area contributed by atoms with Crippen molar-refractivity contribution in [2.45, 2.75) is 0 Å². The summed E-state index contributed by atoms with van der Waals surface area (Å²) in [6.07, 6.45) is 0. The van der Waals surface area contributed by atoms with Gasteiger partial charge in [0.05, 0.1) is 9.85 Å². The number of hydrogen-bond donors (Lipinski definition) is 1. The minimum atomic E-state index is -1.58. The van der Waals surface area contributed by atoms with Gasteiger partial charge in [0.1, 0.15) is 5.56 Å². The fourth-order valence-corrected chi connectivity index (χ4v) is 1.04. The summed E-state index contributed by atoms with van der Waals surface area (Å²) in [6.45, 7) is 0. The Labute approximate surface area is 131 Å². The first-order valence-corrected chi connectivity index (χ1v) is 3.60. The molecule has 0 fully saturated rings. The van der Waals surface area contributed by atoms with E-state index in [1.165, 1.54) is 0 Å². The zero-order valence-corrected chi connectivity index (χ0v) is 7.11. The Morgan fingerprint density at radius 1 is 1.19 bits per heavy atom. The van der Waals surface area contributed by atoms with Crippen LogP contribution in [0.25, 0.3) is 0 Å². The van der Waals surface area contributed by atoms with Crippen LogP contribution in [0.1, 0.15) is 10.4 Å². The molecular formula is C7H5KN2O6. The van der Waals surface area contributed by atoms with Gasteiger partial charge in [0.2, 0.25) is 0 Å². The summed E-state index contributed by atoms with van der Waals surface area (Å²) in [5.74, 6) is -1.58. The summed E-state index contributed by atoms with van der Waals surface area (Å²) < 4.78 is 0. The number of nitro benzene ring substituents is 2. The van der Waals surface area contributed by atoms with Crippen molar-refractivity contribution >= 4 is 68.7 Å². The van der Waals surface area contributed by atoms with E-state index in [2.05, 4.69) is 0 Å². The Hall–Kier alpha value is -0.874. The fraction of sp³-hybridized carbons (Fsp3) is 0. The number of para-hydroxylation sites is 1. The molecule has 0 saturated heterocycles. The first kappa shape index (κ1) is 15.1. The van der Waals surface area contributed by atoms with Crippen molar-refractivity contribution in [2.24, 2.45) is 0 Å². The van der Waals surface area contributed by atoms with Crippen molar-refractivity contribution in [1.29, 1.82) is 0 Å². The zero-order valence-electron chi connectivity index (χ0n) is 7.11. The maximum atomic E-state index is 10.6. The molecule has 0 unspecified atom stereocenters. The van der Waals surface area contributed by atoms with Gasteiger partial charge in [-0.25, -0.2) is 4.79 Å². The number of rotatable bonds is 3. The molecule has 0 saturated carbocycles. The molecule has 1 N–H and O–H groups in total. The summed E-state index contributed by atoms with van der Waals surface area (Å²) in [4.78, 5) is 29.4. The van der Waals surface area contributed by atoms with Crippen LogP contribution in [0.2, 0.25) is 0 Å². The number of benzene rings is 1. The quantitative estimate of drug-likeness (QED) is 0.476. The molecule has 1 aromatic rings. The third-order valence-corrected chi connectivity index (χ3v) is 1.62. The van der Waals surface area contributed by atoms with Crippen molar-refractivity contribution in [3.05, 3.63) is 44.0 Å². The van der Waals surface area contributed by atoms with Gasteiger partial charge in [0, 0.05) is 6.07 Å². The molecule has 0 aromatic heterocycles. The number of carbonyl (C=O) groups is 1. The van der Waals surface area contributed by atoms with E-state index >= 15 is 0 Å².